The number of piperidine rings is 1. The van der Waals surface area contributed by atoms with E-state index in [0.29, 0.717) is 17.3 Å². The molecule has 1 aromatic rings. The number of nitrogens with two attached hydrogens (primary N) is 2. The molecule has 0 aliphatic carbocycles. The third-order valence-electron chi connectivity index (χ3n) is 3.94. The molecule has 1 aliphatic heterocycles. The van der Waals surface area contributed by atoms with Gasteiger partial charge in [-0.1, -0.05) is 12.2 Å². The van der Waals surface area contributed by atoms with Gasteiger partial charge in [0.25, 0.3) is 0 Å². The fourth-order valence-corrected chi connectivity index (χ4v) is 3.03. The number of carbonyl (C=O) groups excluding carboxylic acids is 1. The number of thiocarbonyl (C=S) groups is 1. The van der Waals surface area contributed by atoms with Crippen LogP contribution < -0.4 is 16.4 Å². The van der Waals surface area contributed by atoms with Gasteiger partial charge in [-0.15, -0.1) is 0 Å². The van der Waals surface area contributed by atoms with Gasteiger partial charge in [-0.3, -0.25) is 4.79 Å². The van der Waals surface area contributed by atoms with Gasteiger partial charge in [0.15, 0.2) is 0 Å². The Morgan fingerprint density at radius 3 is 2.50 bits per heavy atom. The first-order chi connectivity index (χ1) is 9.47. The van der Waals surface area contributed by atoms with Crippen molar-refractivity contribution in [3.63, 3.8) is 0 Å². The van der Waals surface area contributed by atoms with Crippen LogP contribution in [0.4, 0.5) is 5.69 Å². The van der Waals surface area contributed by atoms with E-state index < -0.39 is 0 Å². The van der Waals surface area contributed by atoms with Crippen molar-refractivity contribution in [2.45, 2.75) is 26.2 Å². The van der Waals surface area contributed by atoms with Gasteiger partial charge in [0.2, 0.25) is 5.91 Å². The average molecular weight is 291 g/mol. The smallest absolute Gasteiger partial charge is 0.217 e. The first-order valence-electron chi connectivity index (χ1n) is 6.91. The molecule has 0 saturated carbocycles. The molecule has 0 spiro atoms. The van der Waals surface area contributed by atoms with Gasteiger partial charge in [-0.25, -0.2) is 0 Å². The molecule has 1 saturated heterocycles. The number of anilines is 1. The number of benzene rings is 1. The van der Waals surface area contributed by atoms with Crippen LogP contribution in [0.5, 0.6) is 0 Å². The van der Waals surface area contributed by atoms with Crippen LogP contribution in [0.15, 0.2) is 18.2 Å². The van der Waals surface area contributed by atoms with Gasteiger partial charge in [-0.05, 0) is 49.4 Å². The molecule has 1 fully saturated rings. The predicted molar refractivity (Wildman–Crippen MR) is 85.8 cm³/mol. The van der Waals surface area contributed by atoms with Crippen molar-refractivity contribution in [3.8, 4) is 0 Å². The molecule has 2 rings (SSSR count). The third-order valence-corrected chi connectivity index (χ3v) is 4.16. The van der Waals surface area contributed by atoms with Crippen LogP contribution in [0.2, 0.25) is 0 Å². The average Bonchev–Trinajstić information content (AvgIpc) is 2.38. The Morgan fingerprint density at radius 1 is 1.35 bits per heavy atom. The van der Waals surface area contributed by atoms with E-state index >= 15 is 0 Å². The number of primary amides is 1. The fraction of sp³-hybridized carbons (Fsp3) is 0.467. The zero-order valence-electron chi connectivity index (χ0n) is 11.8. The lowest BCUT2D eigenvalue weighted by Gasteiger charge is -2.33. The van der Waals surface area contributed by atoms with Gasteiger partial charge in [0.05, 0.1) is 0 Å². The summed E-state index contributed by atoms with van der Waals surface area (Å²) >= 11 is 5.03. The molecule has 0 atom stereocenters. The van der Waals surface area contributed by atoms with E-state index in [9.17, 15) is 4.79 Å². The first kappa shape index (κ1) is 14.8. The Kier molecular flexibility index (Phi) is 4.60. The van der Waals surface area contributed by atoms with Crippen molar-refractivity contribution < 1.29 is 4.79 Å². The Morgan fingerprint density at radius 2 is 2.00 bits per heavy atom. The topological polar surface area (TPSA) is 72.3 Å². The van der Waals surface area contributed by atoms with Crippen LogP contribution in [0.1, 0.15) is 30.4 Å². The number of rotatable bonds is 4. The summed E-state index contributed by atoms with van der Waals surface area (Å²) < 4.78 is 0. The predicted octanol–water partition coefficient (Wildman–Crippen LogP) is 1.72. The minimum absolute atomic E-state index is 0.194. The lowest BCUT2D eigenvalue weighted by atomic mass is 9.93. The molecule has 20 heavy (non-hydrogen) atoms. The fourth-order valence-electron chi connectivity index (χ4n) is 2.80. The van der Waals surface area contributed by atoms with Gasteiger partial charge in [-0.2, -0.15) is 0 Å². The summed E-state index contributed by atoms with van der Waals surface area (Å²) in [5, 5.41) is 0. The summed E-state index contributed by atoms with van der Waals surface area (Å²) in [6.07, 6.45) is 2.53. The van der Waals surface area contributed by atoms with Crippen molar-refractivity contribution in [2.75, 3.05) is 18.0 Å². The number of hydrogen-bond acceptors (Lipinski definition) is 3. The SMILES string of the molecule is Cc1cc(N2CCC(CC(N)=O)CC2)ccc1C(N)=S. The molecule has 5 heteroatoms. The molecule has 0 bridgehead atoms. The molecular weight excluding hydrogens is 270 g/mol. The summed E-state index contributed by atoms with van der Waals surface area (Å²) in [6, 6.07) is 6.18. The second kappa shape index (κ2) is 6.22. The Hall–Kier alpha value is -1.62. The van der Waals surface area contributed by atoms with Crippen LogP contribution in [0.25, 0.3) is 0 Å². The monoisotopic (exact) mass is 291 g/mol. The molecular formula is C15H21N3OS. The summed E-state index contributed by atoms with van der Waals surface area (Å²) in [4.78, 5) is 13.7. The number of hydrogen-bond donors (Lipinski definition) is 2. The largest absolute Gasteiger partial charge is 0.389 e. The highest BCUT2D eigenvalue weighted by Gasteiger charge is 2.21. The molecule has 1 heterocycles. The van der Waals surface area contributed by atoms with Crippen molar-refractivity contribution in [3.05, 3.63) is 29.3 Å². The number of nitrogens with zero attached hydrogens (tertiary/aromatic N) is 1. The molecule has 4 nitrogen and oxygen atoms in total. The molecule has 1 amide bonds. The van der Waals surface area contributed by atoms with Gasteiger partial charge < -0.3 is 16.4 Å². The van der Waals surface area contributed by atoms with E-state index in [1.807, 2.05) is 13.0 Å². The first-order valence-corrected chi connectivity index (χ1v) is 7.32. The van der Waals surface area contributed by atoms with Crippen LogP contribution in [-0.4, -0.2) is 24.0 Å². The zero-order chi connectivity index (χ0) is 14.7. The normalized spacial score (nSPS) is 16.1. The number of amides is 1. The summed E-state index contributed by atoms with van der Waals surface area (Å²) in [6.45, 7) is 3.95. The maximum absolute atomic E-state index is 10.9. The van der Waals surface area contributed by atoms with Gasteiger partial charge >= 0.3 is 0 Å². The molecule has 0 radical (unpaired) electrons. The highest BCUT2D eigenvalue weighted by Crippen LogP contribution is 2.26. The van der Waals surface area contributed by atoms with Crippen molar-refractivity contribution in [1.82, 2.24) is 0 Å². The molecule has 108 valence electrons. The summed E-state index contributed by atoms with van der Waals surface area (Å²) in [5.41, 5.74) is 14.2. The van der Waals surface area contributed by atoms with E-state index in [1.54, 1.807) is 0 Å². The van der Waals surface area contributed by atoms with Gasteiger partial charge in [0, 0.05) is 30.8 Å². The van der Waals surface area contributed by atoms with Crippen molar-refractivity contribution in [1.29, 1.82) is 0 Å². The summed E-state index contributed by atoms with van der Waals surface area (Å²) in [5.74, 6) is 0.237. The quantitative estimate of drug-likeness (QED) is 0.829. The maximum atomic E-state index is 10.9. The standard InChI is InChI=1S/C15H21N3OS/c1-10-8-12(2-3-13(10)15(17)20)18-6-4-11(5-7-18)9-14(16)19/h2-3,8,11H,4-7,9H2,1H3,(H2,16,19)(H2,17,20). The van der Waals surface area contributed by atoms with E-state index in [0.717, 1.165) is 37.1 Å². The lowest BCUT2D eigenvalue weighted by Crippen LogP contribution is -2.35. The van der Waals surface area contributed by atoms with E-state index in [2.05, 4.69) is 17.0 Å². The van der Waals surface area contributed by atoms with E-state index in [-0.39, 0.29) is 5.91 Å². The summed E-state index contributed by atoms with van der Waals surface area (Å²) in [7, 11) is 0. The minimum atomic E-state index is -0.194. The maximum Gasteiger partial charge on any atom is 0.217 e. The molecule has 1 aliphatic rings. The highest BCUT2D eigenvalue weighted by molar-refractivity contribution is 7.80. The molecule has 0 unspecified atom stereocenters. The van der Waals surface area contributed by atoms with Crippen LogP contribution >= 0.6 is 12.2 Å². The lowest BCUT2D eigenvalue weighted by molar-refractivity contribution is -0.119. The number of aryl methyl sites for hydroxylation is 1. The molecule has 1 aromatic carbocycles. The second-order valence-corrected chi connectivity index (χ2v) is 5.90. The van der Waals surface area contributed by atoms with Crippen molar-refractivity contribution >= 4 is 28.8 Å². The Labute approximate surface area is 125 Å². The molecule has 4 N–H and O–H groups in total. The second-order valence-electron chi connectivity index (χ2n) is 5.46. The van der Waals surface area contributed by atoms with E-state index in [4.69, 9.17) is 23.7 Å². The number of carbonyl (C=O) groups is 1. The van der Waals surface area contributed by atoms with E-state index in [1.165, 1.54) is 5.69 Å². The Balaban J connectivity index is 2.02. The van der Waals surface area contributed by atoms with Crippen molar-refractivity contribution in [2.24, 2.45) is 17.4 Å². The minimum Gasteiger partial charge on any atom is -0.389 e. The van der Waals surface area contributed by atoms with Crippen LogP contribution in [-0.2, 0) is 4.79 Å². The molecule has 0 aromatic heterocycles. The van der Waals surface area contributed by atoms with Gasteiger partial charge in [0.1, 0.15) is 4.99 Å². The Bertz CT molecular complexity index is 522. The third kappa shape index (κ3) is 3.48. The van der Waals surface area contributed by atoms with Crippen LogP contribution in [0.3, 0.4) is 0 Å². The van der Waals surface area contributed by atoms with Crippen LogP contribution in [0, 0.1) is 12.8 Å². The zero-order valence-corrected chi connectivity index (χ0v) is 12.6. The highest BCUT2D eigenvalue weighted by atomic mass is 32.1.